The number of hydrogen-bond donors (Lipinski definition) is 3. The Morgan fingerprint density at radius 1 is 1.35 bits per heavy atom. The number of hydrogen-bond acceptors (Lipinski definition) is 3. The lowest BCUT2D eigenvalue weighted by Gasteiger charge is -2.27. The van der Waals surface area contributed by atoms with Gasteiger partial charge < -0.3 is 15.7 Å². The first-order valence-corrected chi connectivity index (χ1v) is 8.09. The second-order valence-electron chi connectivity index (χ2n) is 5.71. The van der Waals surface area contributed by atoms with E-state index in [2.05, 4.69) is 30.5 Å². The minimum Gasteiger partial charge on any atom is -0.393 e. The standard InChI is InChI=1S/C15H24N2O2S/c1-9-8-14(11(3)20-9)10(2)16-15(19)17-12-4-6-13(18)7-5-12/h8,10,12-13,18H,4-7H2,1-3H3,(H2,16,17,19). The van der Waals surface area contributed by atoms with E-state index in [1.807, 2.05) is 6.92 Å². The fourth-order valence-electron chi connectivity index (χ4n) is 2.80. The molecule has 1 aliphatic carbocycles. The first-order valence-electron chi connectivity index (χ1n) is 7.27. The predicted molar refractivity (Wildman–Crippen MR) is 82.1 cm³/mol. The highest BCUT2D eigenvalue weighted by Crippen LogP contribution is 2.26. The van der Waals surface area contributed by atoms with Crippen molar-refractivity contribution in [3.63, 3.8) is 0 Å². The Morgan fingerprint density at radius 3 is 2.55 bits per heavy atom. The Bertz CT molecular complexity index is 464. The van der Waals surface area contributed by atoms with Crippen LogP contribution in [0.1, 0.15) is 54.0 Å². The summed E-state index contributed by atoms with van der Waals surface area (Å²) in [6.07, 6.45) is 3.10. The molecule has 0 saturated heterocycles. The Morgan fingerprint density at radius 2 is 2.00 bits per heavy atom. The molecule has 3 N–H and O–H groups in total. The van der Waals surface area contributed by atoms with Gasteiger partial charge in [0.05, 0.1) is 12.1 Å². The molecule has 1 aromatic rings. The summed E-state index contributed by atoms with van der Waals surface area (Å²) in [5, 5.41) is 15.5. The van der Waals surface area contributed by atoms with E-state index >= 15 is 0 Å². The molecule has 1 saturated carbocycles. The van der Waals surface area contributed by atoms with Gasteiger partial charge in [0.15, 0.2) is 0 Å². The van der Waals surface area contributed by atoms with Gasteiger partial charge in [-0.15, -0.1) is 11.3 Å². The molecule has 0 spiro atoms. The maximum absolute atomic E-state index is 12.0. The predicted octanol–water partition coefficient (Wildman–Crippen LogP) is 3.03. The van der Waals surface area contributed by atoms with E-state index in [1.165, 1.54) is 15.3 Å². The van der Waals surface area contributed by atoms with Gasteiger partial charge in [0, 0.05) is 15.8 Å². The van der Waals surface area contributed by atoms with Gasteiger partial charge in [-0.25, -0.2) is 4.79 Å². The second kappa shape index (κ2) is 6.59. The fraction of sp³-hybridized carbons (Fsp3) is 0.667. The van der Waals surface area contributed by atoms with E-state index in [4.69, 9.17) is 0 Å². The average molecular weight is 296 g/mol. The summed E-state index contributed by atoms with van der Waals surface area (Å²) in [4.78, 5) is 14.5. The maximum atomic E-state index is 12.0. The van der Waals surface area contributed by atoms with E-state index < -0.39 is 0 Å². The highest BCUT2D eigenvalue weighted by atomic mass is 32.1. The van der Waals surface area contributed by atoms with E-state index in [1.54, 1.807) is 11.3 Å². The minimum absolute atomic E-state index is 0.0223. The summed E-state index contributed by atoms with van der Waals surface area (Å²) in [7, 11) is 0. The van der Waals surface area contributed by atoms with Crippen LogP contribution in [0.4, 0.5) is 4.79 Å². The van der Waals surface area contributed by atoms with Crippen molar-refractivity contribution in [1.29, 1.82) is 0 Å². The molecule has 0 aromatic carbocycles. The van der Waals surface area contributed by atoms with Crippen LogP contribution in [0, 0.1) is 13.8 Å². The molecule has 20 heavy (non-hydrogen) atoms. The van der Waals surface area contributed by atoms with Crippen LogP contribution in [0.25, 0.3) is 0 Å². The molecule has 1 heterocycles. The van der Waals surface area contributed by atoms with Gasteiger partial charge in [-0.3, -0.25) is 0 Å². The molecule has 1 atom stereocenters. The summed E-state index contributed by atoms with van der Waals surface area (Å²) in [6, 6.07) is 2.24. The van der Waals surface area contributed by atoms with Crippen molar-refractivity contribution in [3.8, 4) is 0 Å². The summed E-state index contributed by atoms with van der Waals surface area (Å²) in [5.74, 6) is 0. The first kappa shape index (κ1) is 15.3. The van der Waals surface area contributed by atoms with Crippen molar-refractivity contribution in [2.75, 3.05) is 0 Å². The lowest BCUT2D eigenvalue weighted by atomic mass is 9.93. The Labute approximate surface area is 124 Å². The van der Waals surface area contributed by atoms with Gasteiger partial charge in [0.2, 0.25) is 0 Å². The van der Waals surface area contributed by atoms with Crippen LogP contribution >= 0.6 is 11.3 Å². The van der Waals surface area contributed by atoms with Gasteiger partial charge in [-0.1, -0.05) is 0 Å². The SMILES string of the molecule is Cc1cc(C(C)NC(=O)NC2CCC(O)CC2)c(C)s1. The van der Waals surface area contributed by atoms with Crippen molar-refractivity contribution in [1.82, 2.24) is 10.6 Å². The van der Waals surface area contributed by atoms with Crippen molar-refractivity contribution in [3.05, 3.63) is 21.4 Å². The molecule has 2 amide bonds. The maximum Gasteiger partial charge on any atom is 0.315 e. The van der Waals surface area contributed by atoms with E-state index in [0.717, 1.165) is 25.7 Å². The van der Waals surface area contributed by atoms with E-state index in [0.29, 0.717) is 0 Å². The zero-order chi connectivity index (χ0) is 14.7. The van der Waals surface area contributed by atoms with Crippen LogP contribution in [0.15, 0.2) is 6.07 Å². The molecule has 1 aliphatic rings. The number of aryl methyl sites for hydroxylation is 2. The number of carbonyl (C=O) groups is 1. The number of thiophene rings is 1. The minimum atomic E-state index is -0.188. The summed E-state index contributed by atoms with van der Waals surface area (Å²) in [5.41, 5.74) is 1.20. The summed E-state index contributed by atoms with van der Waals surface area (Å²) in [6.45, 7) is 6.19. The number of urea groups is 1. The van der Waals surface area contributed by atoms with Crippen molar-refractivity contribution < 1.29 is 9.90 Å². The smallest absolute Gasteiger partial charge is 0.315 e. The molecule has 0 aliphatic heterocycles. The molecule has 5 heteroatoms. The molecule has 1 fully saturated rings. The lowest BCUT2D eigenvalue weighted by Crippen LogP contribution is -2.44. The second-order valence-corrected chi connectivity index (χ2v) is 7.17. The number of nitrogens with one attached hydrogen (secondary N) is 2. The lowest BCUT2D eigenvalue weighted by molar-refractivity contribution is 0.117. The highest BCUT2D eigenvalue weighted by molar-refractivity contribution is 7.12. The molecule has 0 radical (unpaired) electrons. The zero-order valence-corrected chi connectivity index (χ0v) is 13.2. The highest BCUT2D eigenvalue weighted by Gasteiger charge is 2.21. The topological polar surface area (TPSA) is 61.4 Å². The van der Waals surface area contributed by atoms with E-state index in [-0.39, 0.29) is 24.2 Å². The molecule has 4 nitrogen and oxygen atoms in total. The normalized spacial score (nSPS) is 24.2. The Hall–Kier alpha value is -1.07. The Balaban J connectivity index is 1.83. The summed E-state index contributed by atoms with van der Waals surface area (Å²) >= 11 is 1.76. The van der Waals surface area contributed by atoms with Gasteiger partial charge in [0.1, 0.15) is 0 Å². The summed E-state index contributed by atoms with van der Waals surface area (Å²) < 4.78 is 0. The monoisotopic (exact) mass is 296 g/mol. The van der Waals surface area contributed by atoms with Crippen molar-refractivity contribution >= 4 is 17.4 Å². The Kier molecular flexibility index (Phi) is 5.05. The van der Waals surface area contributed by atoms with Crippen LogP contribution in [-0.2, 0) is 0 Å². The third-order valence-electron chi connectivity index (χ3n) is 3.93. The van der Waals surface area contributed by atoms with Gasteiger partial charge in [-0.2, -0.15) is 0 Å². The molecule has 112 valence electrons. The largest absolute Gasteiger partial charge is 0.393 e. The molecule has 0 bridgehead atoms. The number of aliphatic hydroxyl groups is 1. The molecule has 2 rings (SSSR count). The van der Waals surface area contributed by atoms with Crippen LogP contribution < -0.4 is 10.6 Å². The van der Waals surface area contributed by atoms with Crippen LogP contribution in [0.5, 0.6) is 0 Å². The quantitative estimate of drug-likeness (QED) is 0.803. The molecular weight excluding hydrogens is 272 g/mol. The first-order chi connectivity index (χ1) is 9.45. The van der Waals surface area contributed by atoms with Gasteiger partial charge in [0.25, 0.3) is 0 Å². The van der Waals surface area contributed by atoms with Gasteiger partial charge >= 0.3 is 6.03 Å². The number of carbonyl (C=O) groups excluding carboxylic acids is 1. The molecular formula is C15H24N2O2S. The van der Waals surface area contributed by atoms with Crippen LogP contribution in [0.2, 0.25) is 0 Å². The fourth-order valence-corrected chi connectivity index (χ4v) is 3.82. The van der Waals surface area contributed by atoms with E-state index in [9.17, 15) is 9.90 Å². The number of rotatable bonds is 3. The van der Waals surface area contributed by atoms with Crippen LogP contribution in [-0.4, -0.2) is 23.3 Å². The van der Waals surface area contributed by atoms with Gasteiger partial charge in [-0.05, 0) is 58.1 Å². The zero-order valence-electron chi connectivity index (χ0n) is 12.4. The number of amides is 2. The third-order valence-corrected chi connectivity index (χ3v) is 4.91. The molecule has 1 aromatic heterocycles. The average Bonchev–Trinajstić information content (AvgIpc) is 2.71. The third kappa shape index (κ3) is 3.96. The van der Waals surface area contributed by atoms with Crippen molar-refractivity contribution in [2.45, 2.75) is 64.6 Å². The number of aliphatic hydroxyl groups excluding tert-OH is 1. The van der Waals surface area contributed by atoms with Crippen LogP contribution in [0.3, 0.4) is 0 Å². The molecule has 1 unspecified atom stereocenters. The van der Waals surface area contributed by atoms with Crippen molar-refractivity contribution in [2.24, 2.45) is 0 Å².